The molecule has 1 aliphatic heterocycles. The van der Waals surface area contributed by atoms with Gasteiger partial charge >= 0.3 is 6.18 Å². The highest BCUT2D eigenvalue weighted by Gasteiger charge is 2.32. The van der Waals surface area contributed by atoms with Crippen molar-refractivity contribution < 1.29 is 17.9 Å². The van der Waals surface area contributed by atoms with Crippen LogP contribution < -0.4 is 10.6 Å². The minimum atomic E-state index is -4.50. The third kappa shape index (κ3) is 7.19. The zero-order chi connectivity index (χ0) is 21.6. The molecule has 0 bridgehead atoms. The number of hydrogen-bond acceptors (Lipinski definition) is 6. The summed E-state index contributed by atoms with van der Waals surface area (Å²) in [5, 5.41) is 10.2. The van der Waals surface area contributed by atoms with Gasteiger partial charge in [-0.25, -0.2) is 9.97 Å². The average molecular weight is 554 g/mol. The highest BCUT2D eigenvalue weighted by atomic mass is 127. The van der Waals surface area contributed by atoms with Crippen molar-refractivity contribution in [3.63, 3.8) is 0 Å². The lowest BCUT2D eigenvalue weighted by Crippen LogP contribution is -2.48. The van der Waals surface area contributed by atoms with Crippen molar-refractivity contribution in [1.29, 1.82) is 0 Å². The molecule has 0 amide bonds. The van der Waals surface area contributed by atoms with Crippen molar-refractivity contribution in [3.8, 4) is 0 Å². The van der Waals surface area contributed by atoms with Gasteiger partial charge in [-0.15, -0.1) is 24.0 Å². The molecule has 0 aromatic carbocycles. The maximum Gasteiger partial charge on any atom is 0.433 e. The van der Waals surface area contributed by atoms with E-state index in [2.05, 4.69) is 35.6 Å². The normalized spacial score (nSPS) is 17.3. The first kappa shape index (κ1) is 25.1. The maximum absolute atomic E-state index is 12.7. The van der Waals surface area contributed by atoms with E-state index in [1.54, 1.807) is 10.9 Å². The first-order valence-electron chi connectivity index (χ1n) is 9.64. The Morgan fingerprint density at radius 2 is 2.19 bits per heavy atom. The number of halogens is 4. The van der Waals surface area contributed by atoms with Gasteiger partial charge in [0.05, 0.1) is 25.9 Å². The first-order valence-corrected chi connectivity index (χ1v) is 9.64. The van der Waals surface area contributed by atoms with Gasteiger partial charge in [0.1, 0.15) is 11.8 Å². The van der Waals surface area contributed by atoms with Crippen LogP contribution in [0.15, 0.2) is 29.6 Å². The summed E-state index contributed by atoms with van der Waals surface area (Å²) in [5.74, 6) is 0.648. The number of nitrogens with one attached hydrogen (secondary N) is 2. The summed E-state index contributed by atoms with van der Waals surface area (Å²) in [6.45, 7) is 5.18. The zero-order valence-electron chi connectivity index (χ0n) is 17.3. The van der Waals surface area contributed by atoms with Gasteiger partial charge in [0.25, 0.3) is 0 Å². The molecule has 9 nitrogen and oxygen atoms in total. The van der Waals surface area contributed by atoms with Crippen molar-refractivity contribution in [2.24, 2.45) is 12.0 Å². The van der Waals surface area contributed by atoms with Crippen molar-refractivity contribution in [2.75, 3.05) is 44.6 Å². The van der Waals surface area contributed by atoms with E-state index in [1.165, 1.54) is 0 Å². The maximum atomic E-state index is 12.7. The van der Waals surface area contributed by atoms with Crippen LogP contribution in [-0.2, 0) is 18.0 Å². The van der Waals surface area contributed by atoms with E-state index >= 15 is 0 Å². The largest absolute Gasteiger partial charge is 0.433 e. The summed E-state index contributed by atoms with van der Waals surface area (Å²) >= 11 is 0. The number of aliphatic imine (C=N–C) groups is 1. The Hall–Kier alpha value is -2.16. The fourth-order valence-electron chi connectivity index (χ4n) is 3.01. The highest BCUT2D eigenvalue weighted by Crippen LogP contribution is 2.27. The van der Waals surface area contributed by atoms with E-state index in [0.29, 0.717) is 39.3 Å². The fourth-order valence-corrected chi connectivity index (χ4v) is 3.01. The Morgan fingerprint density at radius 1 is 1.39 bits per heavy atom. The molecule has 3 heterocycles. The second-order valence-electron chi connectivity index (χ2n) is 6.68. The Morgan fingerprint density at radius 3 is 2.87 bits per heavy atom. The minimum Gasteiger partial charge on any atom is -0.370 e. The van der Waals surface area contributed by atoms with Crippen molar-refractivity contribution in [3.05, 3.63) is 35.9 Å². The summed E-state index contributed by atoms with van der Waals surface area (Å²) in [7, 11) is 1.86. The standard InChI is InChI=1S/C18H25F3N8O.HI/c1-3-22-17(29-8-9-30-14(12-29)13-10-26-28(2)11-13)25-7-6-24-16-23-5-4-15(27-16)18(19,20)21;/h4-5,10-11,14H,3,6-9,12H2,1-2H3,(H,22,25)(H,23,24,27);1H. The summed E-state index contributed by atoms with van der Waals surface area (Å²) in [6.07, 6.45) is 0.191. The van der Waals surface area contributed by atoms with Crippen molar-refractivity contribution in [2.45, 2.75) is 19.2 Å². The second kappa shape index (κ2) is 11.5. The predicted octanol–water partition coefficient (Wildman–Crippen LogP) is 2.30. The quantitative estimate of drug-likeness (QED) is 0.245. The molecule has 13 heteroatoms. The van der Waals surface area contributed by atoms with E-state index in [0.717, 1.165) is 23.8 Å². The Balaban J connectivity index is 0.00000341. The lowest BCUT2D eigenvalue weighted by molar-refractivity contribution is -0.141. The molecule has 1 saturated heterocycles. The molecule has 172 valence electrons. The number of aromatic nitrogens is 4. The first-order chi connectivity index (χ1) is 14.4. The van der Waals surface area contributed by atoms with Crippen LogP contribution >= 0.6 is 24.0 Å². The lowest BCUT2D eigenvalue weighted by atomic mass is 10.1. The number of rotatable bonds is 6. The van der Waals surface area contributed by atoms with Gasteiger partial charge in [0, 0.05) is 44.6 Å². The van der Waals surface area contributed by atoms with Gasteiger partial charge in [0.15, 0.2) is 5.96 Å². The topological polar surface area (TPSA) is 92.5 Å². The summed E-state index contributed by atoms with van der Waals surface area (Å²) in [5.41, 5.74) is 0.0213. The zero-order valence-corrected chi connectivity index (χ0v) is 19.6. The fraction of sp³-hybridized carbons (Fsp3) is 0.556. The molecule has 0 aliphatic carbocycles. The number of guanidine groups is 1. The molecule has 2 N–H and O–H groups in total. The van der Waals surface area contributed by atoms with Crippen LogP contribution in [0, 0.1) is 0 Å². The average Bonchev–Trinajstić information content (AvgIpc) is 3.16. The number of ether oxygens (including phenoxy) is 1. The van der Waals surface area contributed by atoms with Gasteiger partial charge < -0.3 is 20.3 Å². The van der Waals surface area contributed by atoms with Crippen LogP contribution in [-0.4, -0.2) is 69.9 Å². The summed E-state index contributed by atoms with van der Waals surface area (Å²) in [4.78, 5) is 14.0. The van der Waals surface area contributed by atoms with Gasteiger partial charge in [-0.2, -0.15) is 18.3 Å². The third-order valence-electron chi connectivity index (χ3n) is 4.40. The van der Waals surface area contributed by atoms with Crippen molar-refractivity contribution >= 4 is 35.9 Å². The van der Waals surface area contributed by atoms with Crippen LogP contribution in [0.2, 0.25) is 0 Å². The molecule has 2 aromatic rings. The molecule has 0 radical (unpaired) electrons. The van der Waals surface area contributed by atoms with Crippen LogP contribution in [0.25, 0.3) is 0 Å². The van der Waals surface area contributed by atoms with Gasteiger partial charge in [0.2, 0.25) is 5.95 Å². The molecular weight excluding hydrogens is 528 g/mol. The lowest BCUT2D eigenvalue weighted by Gasteiger charge is -2.34. The molecule has 1 atom stereocenters. The van der Waals surface area contributed by atoms with Crippen LogP contribution in [0.1, 0.15) is 24.3 Å². The molecule has 1 unspecified atom stereocenters. The molecule has 1 aliphatic rings. The number of aryl methyl sites for hydroxylation is 1. The predicted molar refractivity (Wildman–Crippen MR) is 120 cm³/mol. The monoisotopic (exact) mass is 554 g/mol. The summed E-state index contributed by atoms with van der Waals surface area (Å²) in [6, 6.07) is 0.837. The van der Waals surface area contributed by atoms with E-state index < -0.39 is 11.9 Å². The number of morpholine rings is 1. The van der Waals surface area contributed by atoms with Gasteiger partial charge in [-0.1, -0.05) is 0 Å². The smallest absolute Gasteiger partial charge is 0.370 e. The Kier molecular flexibility index (Phi) is 9.28. The van der Waals surface area contributed by atoms with Crippen molar-refractivity contribution in [1.82, 2.24) is 30.0 Å². The number of anilines is 1. The van der Waals surface area contributed by atoms with E-state index in [1.807, 2.05) is 20.2 Å². The summed E-state index contributed by atoms with van der Waals surface area (Å²) < 4.78 is 45.8. The Bertz CT molecular complexity index is 860. The number of nitrogens with zero attached hydrogens (tertiary/aromatic N) is 6. The second-order valence-corrected chi connectivity index (χ2v) is 6.68. The third-order valence-corrected chi connectivity index (χ3v) is 4.40. The highest BCUT2D eigenvalue weighted by molar-refractivity contribution is 14.0. The van der Waals surface area contributed by atoms with Crippen LogP contribution in [0.3, 0.4) is 0 Å². The molecule has 31 heavy (non-hydrogen) atoms. The minimum absolute atomic E-state index is 0. The molecule has 2 aromatic heterocycles. The van der Waals surface area contributed by atoms with Crippen LogP contribution in [0.4, 0.5) is 19.1 Å². The van der Waals surface area contributed by atoms with E-state index in [4.69, 9.17) is 4.74 Å². The number of alkyl halides is 3. The SMILES string of the molecule is CCNC(=NCCNc1nccc(C(F)(F)F)n1)N1CCOC(c2cnn(C)c2)C1.I. The van der Waals surface area contributed by atoms with Crippen LogP contribution in [0.5, 0.6) is 0 Å². The molecular formula is C18H26F3IN8O. The van der Waals surface area contributed by atoms with Gasteiger partial charge in [-0.3, -0.25) is 9.67 Å². The van der Waals surface area contributed by atoms with E-state index in [9.17, 15) is 13.2 Å². The molecule has 1 fully saturated rings. The molecule has 3 rings (SSSR count). The van der Waals surface area contributed by atoms with E-state index in [-0.39, 0.29) is 36.0 Å². The number of hydrogen-bond donors (Lipinski definition) is 2. The Labute approximate surface area is 195 Å². The molecule has 0 saturated carbocycles. The molecule has 0 spiro atoms. The van der Waals surface area contributed by atoms with Gasteiger partial charge in [-0.05, 0) is 13.0 Å².